The number of carbonyl (C=O) groups excluding carboxylic acids is 2. The van der Waals surface area contributed by atoms with E-state index in [1.807, 2.05) is 53.3 Å². The van der Waals surface area contributed by atoms with E-state index in [1.54, 1.807) is 17.5 Å². The predicted octanol–water partition coefficient (Wildman–Crippen LogP) is 3.53. The third kappa shape index (κ3) is 3.96. The molecule has 2 heterocycles. The number of hydrogen-bond acceptors (Lipinski definition) is 4. The molecule has 1 aliphatic rings. The van der Waals surface area contributed by atoms with Crippen LogP contribution in [0.5, 0.6) is 0 Å². The van der Waals surface area contributed by atoms with Gasteiger partial charge in [0, 0.05) is 48.9 Å². The fraction of sp³-hybridized carbons (Fsp3) is 0.450. The number of piperidine rings is 1. The number of amides is 2. The number of thiazole rings is 1. The first-order valence-corrected chi connectivity index (χ1v) is 10.1. The normalized spacial score (nSPS) is 17.2. The molecule has 1 saturated heterocycles. The molecule has 1 fully saturated rings. The lowest BCUT2D eigenvalue weighted by Gasteiger charge is -2.34. The maximum absolute atomic E-state index is 13.0. The van der Waals surface area contributed by atoms with Gasteiger partial charge in [0.2, 0.25) is 5.91 Å². The minimum Gasteiger partial charge on any atom is -0.343 e. The Labute approximate surface area is 158 Å². The second-order valence-electron chi connectivity index (χ2n) is 6.52. The topological polar surface area (TPSA) is 53.5 Å². The van der Waals surface area contributed by atoms with Gasteiger partial charge >= 0.3 is 0 Å². The van der Waals surface area contributed by atoms with Crippen LogP contribution >= 0.6 is 11.3 Å². The molecule has 0 aliphatic carbocycles. The zero-order valence-electron chi connectivity index (χ0n) is 15.4. The highest BCUT2D eigenvalue weighted by Gasteiger charge is 2.30. The van der Waals surface area contributed by atoms with E-state index < -0.39 is 0 Å². The van der Waals surface area contributed by atoms with Crippen LogP contribution in [0, 0.1) is 5.92 Å². The minimum absolute atomic E-state index is 0.000420. The molecule has 0 spiro atoms. The van der Waals surface area contributed by atoms with Crippen molar-refractivity contribution >= 4 is 23.2 Å². The van der Waals surface area contributed by atoms with Crippen LogP contribution in [0.2, 0.25) is 0 Å². The Balaban J connectivity index is 1.73. The summed E-state index contributed by atoms with van der Waals surface area (Å²) in [6.07, 6.45) is 3.50. The highest BCUT2D eigenvalue weighted by molar-refractivity contribution is 7.13. The van der Waals surface area contributed by atoms with E-state index in [-0.39, 0.29) is 17.7 Å². The van der Waals surface area contributed by atoms with Gasteiger partial charge in [-0.1, -0.05) is 12.1 Å². The van der Waals surface area contributed by atoms with Crippen molar-refractivity contribution in [2.45, 2.75) is 26.7 Å². The summed E-state index contributed by atoms with van der Waals surface area (Å²) in [7, 11) is 0. The van der Waals surface area contributed by atoms with E-state index in [0.29, 0.717) is 18.7 Å². The number of hydrogen-bond donors (Lipinski definition) is 0. The van der Waals surface area contributed by atoms with E-state index in [9.17, 15) is 9.59 Å². The van der Waals surface area contributed by atoms with Gasteiger partial charge in [0.1, 0.15) is 5.01 Å². The third-order valence-corrected chi connectivity index (χ3v) is 5.74. The van der Waals surface area contributed by atoms with Crippen LogP contribution in [-0.4, -0.2) is 52.8 Å². The van der Waals surface area contributed by atoms with Crippen molar-refractivity contribution in [1.82, 2.24) is 14.8 Å². The molecule has 1 atom stereocenters. The van der Waals surface area contributed by atoms with Gasteiger partial charge in [-0.3, -0.25) is 9.59 Å². The zero-order chi connectivity index (χ0) is 18.5. The molecule has 1 aromatic heterocycles. The van der Waals surface area contributed by atoms with Crippen LogP contribution in [0.15, 0.2) is 35.8 Å². The summed E-state index contributed by atoms with van der Waals surface area (Å²) in [4.78, 5) is 33.6. The lowest BCUT2D eigenvalue weighted by atomic mass is 9.95. The number of benzene rings is 1. The summed E-state index contributed by atoms with van der Waals surface area (Å²) in [6, 6.07) is 7.61. The molecule has 1 unspecified atom stereocenters. The first-order valence-electron chi connectivity index (χ1n) is 9.22. The maximum atomic E-state index is 13.0. The third-order valence-electron chi connectivity index (χ3n) is 4.92. The van der Waals surface area contributed by atoms with Crippen molar-refractivity contribution in [1.29, 1.82) is 0 Å². The zero-order valence-corrected chi connectivity index (χ0v) is 16.2. The Morgan fingerprint density at radius 2 is 2.12 bits per heavy atom. The number of likely N-dealkylation sites (tertiary alicyclic amines) is 1. The Hall–Kier alpha value is -2.21. The van der Waals surface area contributed by atoms with E-state index in [4.69, 9.17) is 0 Å². The monoisotopic (exact) mass is 371 g/mol. The van der Waals surface area contributed by atoms with Gasteiger partial charge in [0.15, 0.2) is 0 Å². The average molecular weight is 372 g/mol. The number of rotatable bonds is 5. The van der Waals surface area contributed by atoms with Crippen LogP contribution in [0.3, 0.4) is 0 Å². The standard InChI is InChI=1S/C20H25N3O2S/c1-3-22(4-2)20(25)17-9-6-11-23(14-17)19(24)16-8-5-7-15(13-16)18-21-10-12-26-18/h5,7-8,10,12-13,17H,3-4,6,9,11,14H2,1-2H3. The number of carbonyl (C=O) groups is 2. The number of aromatic nitrogens is 1. The van der Waals surface area contributed by atoms with Crippen molar-refractivity contribution in [3.63, 3.8) is 0 Å². The van der Waals surface area contributed by atoms with E-state index in [2.05, 4.69) is 4.98 Å². The van der Waals surface area contributed by atoms with Crippen LogP contribution in [-0.2, 0) is 4.79 Å². The summed E-state index contributed by atoms with van der Waals surface area (Å²) in [5, 5.41) is 2.84. The molecule has 0 bridgehead atoms. The SMILES string of the molecule is CCN(CC)C(=O)C1CCCN(C(=O)c2cccc(-c3nccs3)c2)C1. The molecule has 0 N–H and O–H groups in total. The average Bonchev–Trinajstić information content (AvgIpc) is 3.23. The molecule has 0 radical (unpaired) electrons. The Morgan fingerprint density at radius 1 is 1.31 bits per heavy atom. The quantitative estimate of drug-likeness (QED) is 0.808. The summed E-state index contributed by atoms with van der Waals surface area (Å²) in [6.45, 7) is 6.65. The van der Waals surface area contributed by atoms with Gasteiger partial charge in [-0.2, -0.15) is 0 Å². The fourth-order valence-electron chi connectivity index (χ4n) is 3.49. The van der Waals surface area contributed by atoms with E-state index >= 15 is 0 Å². The van der Waals surface area contributed by atoms with Gasteiger partial charge in [0.25, 0.3) is 5.91 Å². The van der Waals surface area contributed by atoms with Crippen molar-refractivity contribution in [3.05, 3.63) is 41.4 Å². The molecule has 1 aliphatic heterocycles. The van der Waals surface area contributed by atoms with Gasteiger partial charge in [-0.25, -0.2) is 4.98 Å². The van der Waals surface area contributed by atoms with E-state index in [0.717, 1.165) is 36.5 Å². The van der Waals surface area contributed by atoms with Crippen LogP contribution in [0.4, 0.5) is 0 Å². The summed E-state index contributed by atoms with van der Waals surface area (Å²) < 4.78 is 0. The van der Waals surface area contributed by atoms with Crippen LogP contribution in [0.1, 0.15) is 37.0 Å². The summed E-state index contributed by atoms with van der Waals surface area (Å²) in [5.41, 5.74) is 1.62. The Kier molecular flexibility index (Phi) is 6.04. The smallest absolute Gasteiger partial charge is 0.253 e. The molecule has 26 heavy (non-hydrogen) atoms. The van der Waals surface area contributed by atoms with Crippen molar-refractivity contribution in [2.75, 3.05) is 26.2 Å². The Morgan fingerprint density at radius 3 is 2.81 bits per heavy atom. The lowest BCUT2D eigenvalue weighted by molar-refractivity contribution is -0.136. The second-order valence-corrected chi connectivity index (χ2v) is 7.41. The van der Waals surface area contributed by atoms with Crippen LogP contribution in [0.25, 0.3) is 10.6 Å². The largest absolute Gasteiger partial charge is 0.343 e. The van der Waals surface area contributed by atoms with Gasteiger partial charge < -0.3 is 9.80 Å². The Bertz CT molecular complexity index is 756. The maximum Gasteiger partial charge on any atom is 0.253 e. The van der Waals surface area contributed by atoms with Gasteiger partial charge in [0.05, 0.1) is 5.92 Å². The molecule has 6 heteroatoms. The predicted molar refractivity (Wildman–Crippen MR) is 104 cm³/mol. The highest BCUT2D eigenvalue weighted by Crippen LogP contribution is 2.25. The first-order chi connectivity index (χ1) is 12.6. The molecule has 3 rings (SSSR count). The van der Waals surface area contributed by atoms with E-state index in [1.165, 1.54) is 0 Å². The molecule has 0 saturated carbocycles. The van der Waals surface area contributed by atoms with Crippen LogP contribution < -0.4 is 0 Å². The van der Waals surface area contributed by atoms with Crippen molar-refractivity contribution < 1.29 is 9.59 Å². The second kappa shape index (κ2) is 8.45. The molecule has 138 valence electrons. The lowest BCUT2D eigenvalue weighted by Crippen LogP contribution is -2.46. The van der Waals surface area contributed by atoms with Crippen molar-refractivity contribution in [2.24, 2.45) is 5.92 Å². The van der Waals surface area contributed by atoms with Gasteiger partial charge in [-0.05, 0) is 38.8 Å². The molecule has 5 nitrogen and oxygen atoms in total. The molecule has 1 aromatic carbocycles. The van der Waals surface area contributed by atoms with Crippen molar-refractivity contribution in [3.8, 4) is 10.6 Å². The molecule has 2 aromatic rings. The molecular formula is C20H25N3O2S. The summed E-state index contributed by atoms with van der Waals surface area (Å²) in [5.74, 6) is 0.0826. The number of nitrogens with zero attached hydrogens (tertiary/aromatic N) is 3. The highest BCUT2D eigenvalue weighted by atomic mass is 32.1. The van der Waals surface area contributed by atoms with Gasteiger partial charge in [-0.15, -0.1) is 11.3 Å². The summed E-state index contributed by atoms with van der Waals surface area (Å²) >= 11 is 1.56. The molecule has 2 amide bonds. The molecular weight excluding hydrogens is 346 g/mol. The fourth-order valence-corrected chi connectivity index (χ4v) is 4.13. The minimum atomic E-state index is -0.0882. The first kappa shape index (κ1) is 18.6.